The summed E-state index contributed by atoms with van der Waals surface area (Å²) in [5.74, 6) is -0.608. The molecule has 7 nitrogen and oxygen atoms in total. The molecule has 1 aliphatic carbocycles. The lowest BCUT2D eigenvalue weighted by Gasteiger charge is -2.45. The first kappa shape index (κ1) is 37.9. The number of hydrogen-bond donors (Lipinski definition) is 1. The summed E-state index contributed by atoms with van der Waals surface area (Å²) in [6.07, 6.45) is 1.83. The normalized spacial score (nSPS) is 27.2. The van der Waals surface area contributed by atoms with Crippen LogP contribution in [0.25, 0.3) is 0 Å². The lowest BCUT2D eigenvalue weighted by molar-refractivity contribution is -0.118. The van der Waals surface area contributed by atoms with Crippen molar-refractivity contribution in [3.8, 4) is 0 Å². The molecule has 2 aliphatic rings. The monoisotopic (exact) mass is 670 g/mol. The third kappa shape index (κ3) is 8.27. The van der Waals surface area contributed by atoms with Gasteiger partial charge in [-0.3, -0.25) is 0 Å². The maximum atomic E-state index is 14.9. The molecule has 3 rings (SSSR count). The summed E-state index contributed by atoms with van der Waals surface area (Å²) >= 11 is 0. The van der Waals surface area contributed by atoms with Gasteiger partial charge in [-0.2, -0.15) is 0 Å². The standard InChI is InChI=1S/C34H62O7SSi2/c1-13-14-16-21-26(40-43(9,10)33(2,3)4)31(35)32(42(36,37)24-19-17-15-18-20-24)30-25-22-29(38-8)39-27(25)23-28(30)41-44(11,12)34(5,6)7/h15,17-20,25-32,35H,13-14,16,21-23H2,1-12H3/t25-,26-,27-,28+,29?,30+,31?,32?/m0/s1. The molecular formula is C34H62O7SSi2. The topological polar surface area (TPSA) is 91.3 Å². The summed E-state index contributed by atoms with van der Waals surface area (Å²) in [4.78, 5) is 0.223. The Morgan fingerprint density at radius 1 is 0.955 bits per heavy atom. The third-order valence-corrected chi connectivity index (χ3v) is 22.3. The fourth-order valence-electron chi connectivity index (χ4n) is 6.36. The van der Waals surface area contributed by atoms with E-state index in [1.807, 2.05) is 6.07 Å². The predicted octanol–water partition coefficient (Wildman–Crippen LogP) is 7.95. The number of fused-ring (bicyclic) bond motifs is 1. The largest absolute Gasteiger partial charge is 0.414 e. The molecule has 0 aromatic heterocycles. The molecule has 1 saturated heterocycles. The maximum Gasteiger partial charge on any atom is 0.192 e. The molecule has 0 radical (unpaired) electrons. The minimum absolute atomic E-state index is 0.0638. The fraction of sp³-hybridized carbons (Fsp3) is 0.824. The van der Waals surface area contributed by atoms with Gasteiger partial charge in [0.2, 0.25) is 0 Å². The van der Waals surface area contributed by atoms with Crippen LogP contribution in [0.4, 0.5) is 0 Å². The van der Waals surface area contributed by atoms with E-state index in [0.29, 0.717) is 19.3 Å². The minimum atomic E-state index is -4.01. The van der Waals surface area contributed by atoms with Crippen molar-refractivity contribution >= 4 is 26.5 Å². The highest BCUT2D eigenvalue weighted by Gasteiger charge is 2.60. The first-order chi connectivity index (χ1) is 20.2. The van der Waals surface area contributed by atoms with Gasteiger partial charge in [-0.25, -0.2) is 8.42 Å². The van der Waals surface area contributed by atoms with E-state index in [-0.39, 0.29) is 33.1 Å². The highest BCUT2D eigenvalue weighted by molar-refractivity contribution is 7.92. The number of rotatable bonds is 14. The maximum absolute atomic E-state index is 14.9. The average molecular weight is 671 g/mol. The van der Waals surface area contributed by atoms with Gasteiger partial charge in [0, 0.05) is 19.4 Å². The molecule has 10 heteroatoms. The summed E-state index contributed by atoms with van der Waals surface area (Å²) in [5.41, 5.74) is 0. The predicted molar refractivity (Wildman–Crippen MR) is 184 cm³/mol. The van der Waals surface area contributed by atoms with Crippen molar-refractivity contribution in [3.05, 3.63) is 30.3 Å². The smallest absolute Gasteiger partial charge is 0.192 e. The summed E-state index contributed by atoms with van der Waals surface area (Å²) in [5, 5.41) is 11.3. The van der Waals surface area contributed by atoms with Crippen LogP contribution in [0.2, 0.25) is 36.3 Å². The first-order valence-electron chi connectivity index (χ1n) is 16.7. The van der Waals surface area contributed by atoms with Crippen LogP contribution in [0.3, 0.4) is 0 Å². The summed E-state index contributed by atoms with van der Waals surface area (Å²) in [6.45, 7) is 24.1. The number of methoxy groups -OCH3 is 1. The van der Waals surface area contributed by atoms with E-state index in [9.17, 15) is 13.5 Å². The molecule has 44 heavy (non-hydrogen) atoms. The first-order valence-corrected chi connectivity index (χ1v) is 24.0. The lowest BCUT2D eigenvalue weighted by atomic mass is 9.85. The molecule has 0 bridgehead atoms. The Hall–Kier alpha value is -0.596. The van der Waals surface area contributed by atoms with Crippen molar-refractivity contribution in [3.63, 3.8) is 0 Å². The number of sulfone groups is 1. The molecule has 8 atom stereocenters. The van der Waals surface area contributed by atoms with Crippen LogP contribution >= 0.6 is 0 Å². The zero-order chi connectivity index (χ0) is 33.3. The SMILES string of the molecule is CCCCC[C@H](O[Si](C)(C)C(C)(C)C)C(O)C([C@@H]1[C@H]2CC(OC)O[C@H]2C[C@H]1O[Si](C)(C)C(C)(C)C)S(=O)(=O)c1ccccc1. The van der Waals surface area contributed by atoms with Gasteiger partial charge in [0.05, 0.1) is 34.6 Å². The molecule has 0 spiro atoms. The van der Waals surface area contributed by atoms with Crippen LogP contribution in [0, 0.1) is 11.8 Å². The quantitative estimate of drug-likeness (QED) is 0.159. The van der Waals surface area contributed by atoms with Gasteiger partial charge in [0.1, 0.15) is 0 Å². The van der Waals surface area contributed by atoms with E-state index in [4.69, 9.17) is 18.3 Å². The Morgan fingerprint density at radius 3 is 2.07 bits per heavy atom. The van der Waals surface area contributed by atoms with Gasteiger partial charge in [-0.15, -0.1) is 0 Å². The second-order valence-corrected chi connectivity index (χ2v) is 27.8. The Bertz CT molecular complexity index is 1160. The van der Waals surface area contributed by atoms with E-state index in [1.165, 1.54) is 0 Å². The Balaban J connectivity index is 2.20. The molecular weight excluding hydrogens is 609 g/mol. The summed E-state index contributed by atoms with van der Waals surface area (Å²) in [6, 6.07) is 8.62. The van der Waals surface area contributed by atoms with E-state index in [1.54, 1.807) is 31.4 Å². The highest BCUT2D eigenvalue weighted by atomic mass is 32.2. The van der Waals surface area contributed by atoms with Crippen molar-refractivity contribution in [1.82, 2.24) is 0 Å². The van der Waals surface area contributed by atoms with E-state index in [0.717, 1.165) is 19.3 Å². The second-order valence-electron chi connectivity index (χ2n) is 16.2. The van der Waals surface area contributed by atoms with Crippen molar-refractivity contribution < 1.29 is 31.9 Å². The van der Waals surface area contributed by atoms with Gasteiger partial charge in [0.25, 0.3) is 0 Å². The van der Waals surface area contributed by atoms with Gasteiger partial charge in [-0.1, -0.05) is 85.9 Å². The second kappa shape index (κ2) is 14.3. The molecule has 1 saturated carbocycles. The zero-order valence-corrected chi connectivity index (χ0v) is 32.4. The molecule has 1 heterocycles. The van der Waals surface area contributed by atoms with Crippen molar-refractivity contribution in [1.29, 1.82) is 0 Å². The van der Waals surface area contributed by atoms with Crippen LogP contribution in [0.15, 0.2) is 35.2 Å². The minimum Gasteiger partial charge on any atom is -0.414 e. The summed E-state index contributed by atoms with van der Waals surface area (Å²) < 4.78 is 55.8. The van der Waals surface area contributed by atoms with Crippen LogP contribution < -0.4 is 0 Å². The van der Waals surface area contributed by atoms with Crippen molar-refractivity contribution in [2.45, 2.75) is 164 Å². The summed E-state index contributed by atoms with van der Waals surface area (Å²) in [7, 11) is -7.05. The number of ether oxygens (including phenoxy) is 2. The van der Waals surface area contributed by atoms with E-state index >= 15 is 0 Å². The number of aliphatic hydroxyl groups is 1. The highest BCUT2D eigenvalue weighted by Crippen LogP contribution is 2.52. The van der Waals surface area contributed by atoms with Gasteiger partial charge in [0.15, 0.2) is 32.8 Å². The molecule has 1 N–H and O–H groups in total. The Labute approximate surface area is 271 Å². The van der Waals surface area contributed by atoms with Gasteiger partial charge >= 0.3 is 0 Å². The molecule has 0 amide bonds. The number of unbranched alkanes of at least 4 members (excludes halogenated alkanes) is 2. The number of hydrogen-bond acceptors (Lipinski definition) is 7. The fourth-order valence-corrected chi connectivity index (χ4v) is 11.3. The Morgan fingerprint density at radius 2 is 1.55 bits per heavy atom. The molecule has 3 unspecified atom stereocenters. The van der Waals surface area contributed by atoms with Crippen LogP contribution in [-0.2, 0) is 28.2 Å². The molecule has 2 fully saturated rings. The number of benzene rings is 1. The van der Waals surface area contributed by atoms with Crippen LogP contribution in [-0.4, -0.2) is 73.2 Å². The number of aliphatic hydroxyl groups excluding tert-OH is 1. The van der Waals surface area contributed by atoms with Gasteiger partial charge in [-0.05, 0) is 67.2 Å². The molecule has 1 aromatic rings. The average Bonchev–Trinajstić information content (AvgIpc) is 3.45. The van der Waals surface area contributed by atoms with E-state index in [2.05, 4.69) is 74.7 Å². The third-order valence-electron chi connectivity index (χ3n) is 11.0. The molecule has 1 aliphatic heterocycles. The molecule has 254 valence electrons. The van der Waals surface area contributed by atoms with E-state index < -0.39 is 56.1 Å². The van der Waals surface area contributed by atoms with Gasteiger partial charge < -0.3 is 23.4 Å². The molecule has 1 aromatic carbocycles. The zero-order valence-electron chi connectivity index (χ0n) is 29.6. The van der Waals surface area contributed by atoms with Crippen LogP contribution in [0.5, 0.6) is 0 Å². The Kier molecular flexibility index (Phi) is 12.3. The lowest BCUT2D eigenvalue weighted by Crippen LogP contribution is -2.56. The van der Waals surface area contributed by atoms with Crippen LogP contribution in [0.1, 0.15) is 87.0 Å². The van der Waals surface area contributed by atoms with Crippen molar-refractivity contribution in [2.24, 2.45) is 11.8 Å². The van der Waals surface area contributed by atoms with Crippen molar-refractivity contribution in [2.75, 3.05) is 7.11 Å².